The molecule has 1 aliphatic carbocycles. The number of fused-ring (bicyclic) bond motifs is 4. The normalized spacial score (nSPS) is 12.6. The summed E-state index contributed by atoms with van der Waals surface area (Å²) in [6.07, 6.45) is 4.37. The highest BCUT2D eigenvalue weighted by atomic mass is 15.1. The maximum Gasteiger partial charge on any atom is 0.0540 e. The number of anilines is 6. The lowest BCUT2D eigenvalue weighted by Gasteiger charge is -2.29. The van der Waals surface area contributed by atoms with Crippen LogP contribution in [0.5, 0.6) is 0 Å². The summed E-state index contributed by atoms with van der Waals surface area (Å²) in [5.74, 6) is 0. The Morgan fingerprint density at radius 3 is 1.51 bits per heavy atom. The highest BCUT2D eigenvalue weighted by Gasteiger charge is 2.35. The Morgan fingerprint density at radius 2 is 0.831 bits per heavy atom. The van der Waals surface area contributed by atoms with Gasteiger partial charge in [-0.2, -0.15) is 0 Å². The summed E-state index contributed by atoms with van der Waals surface area (Å²) in [4.78, 5) is 4.71. The molecule has 59 heavy (non-hydrogen) atoms. The van der Waals surface area contributed by atoms with E-state index in [9.17, 15) is 0 Å². The fourth-order valence-corrected chi connectivity index (χ4v) is 8.78. The lowest BCUT2D eigenvalue weighted by Crippen LogP contribution is -2.16. The fraction of sp³-hybridized carbons (Fsp3) is 0.0526. The summed E-state index contributed by atoms with van der Waals surface area (Å²) in [6.45, 7) is 4.70. The van der Waals surface area contributed by atoms with E-state index < -0.39 is 0 Å². The molecule has 0 amide bonds. The first-order valence-corrected chi connectivity index (χ1v) is 20.4. The van der Waals surface area contributed by atoms with E-state index in [1.165, 1.54) is 49.8 Å². The van der Waals surface area contributed by atoms with Gasteiger partial charge in [-0.3, -0.25) is 0 Å². The van der Waals surface area contributed by atoms with Crippen molar-refractivity contribution >= 4 is 57.0 Å². The van der Waals surface area contributed by atoms with Crippen molar-refractivity contribution in [1.29, 1.82) is 0 Å². The molecule has 0 heterocycles. The van der Waals surface area contributed by atoms with Gasteiger partial charge in [0.15, 0.2) is 0 Å². The van der Waals surface area contributed by atoms with Gasteiger partial charge in [-0.05, 0) is 117 Å². The third kappa shape index (κ3) is 6.79. The molecule has 0 atom stereocenters. The first-order valence-electron chi connectivity index (χ1n) is 20.4. The first-order chi connectivity index (χ1) is 29.0. The second-order valence-corrected chi connectivity index (χ2v) is 15.8. The van der Waals surface area contributed by atoms with Gasteiger partial charge in [0.25, 0.3) is 0 Å². The molecule has 0 aromatic heterocycles. The van der Waals surface area contributed by atoms with Crippen molar-refractivity contribution in [3.8, 4) is 22.3 Å². The summed E-state index contributed by atoms with van der Waals surface area (Å²) in [7, 11) is 0. The molecule has 2 nitrogen and oxygen atoms in total. The van der Waals surface area contributed by atoms with Gasteiger partial charge in [-0.1, -0.05) is 178 Å². The van der Waals surface area contributed by atoms with Gasteiger partial charge in [0.1, 0.15) is 0 Å². The van der Waals surface area contributed by atoms with Crippen LogP contribution < -0.4 is 9.80 Å². The van der Waals surface area contributed by atoms with E-state index in [2.05, 4.69) is 254 Å². The zero-order valence-corrected chi connectivity index (χ0v) is 33.3. The number of hydrogen-bond acceptors (Lipinski definition) is 2. The van der Waals surface area contributed by atoms with Crippen LogP contribution in [0, 0.1) is 0 Å². The second-order valence-electron chi connectivity index (χ2n) is 15.8. The van der Waals surface area contributed by atoms with Crippen molar-refractivity contribution in [2.75, 3.05) is 9.80 Å². The quantitative estimate of drug-likeness (QED) is 0.135. The Hall–Kier alpha value is -7.42. The number of rotatable bonds is 9. The van der Waals surface area contributed by atoms with Crippen LogP contribution in [0.15, 0.2) is 218 Å². The summed E-state index contributed by atoms with van der Waals surface area (Å²) in [5.41, 5.74) is 16.9. The Morgan fingerprint density at radius 1 is 0.356 bits per heavy atom. The smallest absolute Gasteiger partial charge is 0.0540 e. The summed E-state index contributed by atoms with van der Waals surface area (Å²) in [5, 5.41) is 2.45. The molecule has 0 bridgehead atoms. The first kappa shape index (κ1) is 36.0. The standard InChI is InChI=1S/C57H44N2/c1-57(2)54-22-12-11-21-52(54)53-39-38-50(40-55(53)57)59(56-23-13-15-45-14-9-10-20-51(45)56)49-36-32-44(33-37-49)43-30-26-41(27-31-43)24-25-42-28-34-48(35-29-42)58(46-16-5-3-6-17-46)47-18-7-4-8-19-47/h3-40H,1-2H3. The maximum absolute atomic E-state index is 2.42. The molecule has 0 spiro atoms. The minimum Gasteiger partial charge on any atom is -0.311 e. The Kier molecular flexibility index (Phi) is 9.24. The lowest BCUT2D eigenvalue weighted by atomic mass is 9.82. The summed E-state index contributed by atoms with van der Waals surface area (Å²) in [6, 6.07) is 78.8. The number of nitrogens with zero attached hydrogens (tertiary/aromatic N) is 2. The molecule has 0 radical (unpaired) electrons. The van der Waals surface area contributed by atoms with Gasteiger partial charge in [0.05, 0.1) is 5.69 Å². The molecule has 0 saturated heterocycles. The van der Waals surface area contributed by atoms with Gasteiger partial charge in [0, 0.05) is 39.2 Å². The highest BCUT2D eigenvalue weighted by Crippen LogP contribution is 2.51. The Labute approximate surface area is 347 Å². The average Bonchev–Trinajstić information content (AvgIpc) is 3.53. The van der Waals surface area contributed by atoms with Gasteiger partial charge in [-0.25, -0.2) is 0 Å². The molecule has 0 saturated carbocycles. The fourth-order valence-electron chi connectivity index (χ4n) is 8.78. The molecule has 0 unspecified atom stereocenters. The van der Waals surface area contributed by atoms with Gasteiger partial charge in [0.2, 0.25) is 0 Å². The van der Waals surface area contributed by atoms with Crippen molar-refractivity contribution in [3.63, 3.8) is 0 Å². The van der Waals surface area contributed by atoms with Crippen LogP contribution in [0.2, 0.25) is 0 Å². The van der Waals surface area contributed by atoms with E-state index in [1.807, 2.05) is 0 Å². The van der Waals surface area contributed by atoms with Crippen LogP contribution in [0.1, 0.15) is 36.1 Å². The average molecular weight is 757 g/mol. The van der Waals surface area contributed by atoms with Gasteiger partial charge >= 0.3 is 0 Å². The molecule has 0 aliphatic heterocycles. The van der Waals surface area contributed by atoms with E-state index in [0.717, 1.165) is 39.6 Å². The van der Waals surface area contributed by atoms with E-state index >= 15 is 0 Å². The van der Waals surface area contributed by atoms with E-state index in [1.54, 1.807) is 0 Å². The Balaban J connectivity index is 0.916. The lowest BCUT2D eigenvalue weighted by molar-refractivity contribution is 0.660. The minimum atomic E-state index is -0.0881. The minimum absolute atomic E-state index is 0.0881. The Bertz CT molecular complexity index is 2880. The van der Waals surface area contributed by atoms with E-state index in [-0.39, 0.29) is 5.41 Å². The zero-order valence-electron chi connectivity index (χ0n) is 33.3. The van der Waals surface area contributed by atoms with Crippen LogP contribution in [0.4, 0.5) is 34.1 Å². The van der Waals surface area contributed by atoms with E-state index in [0.29, 0.717) is 0 Å². The van der Waals surface area contributed by atoms with Gasteiger partial charge < -0.3 is 9.80 Å². The van der Waals surface area contributed by atoms with Crippen molar-refractivity contribution in [2.45, 2.75) is 19.3 Å². The van der Waals surface area contributed by atoms with Gasteiger partial charge in [-0.15, -0.1) is 0 Å². The predicted octanol–water partition coefficient (Wildman–Crippen LogP) is 15.9. The second kappa shape index (κ2) is 15.2. The van der Waals surface area contributed by atoms with Crippen LogP contribution >= 0.6 is 0 Å². The van der Waals surface area contributed by atoms with Crippen molar-refractivity contribution < 1.29 is 0 Å². The molecule has 0 N–H and O–H groups in total. The molecular weight excluding hydrogens is 713 g/mol. The van der Waals surface area contributed by atoms with Crippen molar-refractivity contribution in [2.24, 2.45) is 0 Å². The highest BCUT2D eigenvalue weighted by molar-refractivity contribution is 5.99. The molecule has 0 fully saturated rings. The number of benzene rings is 9. The number of para-hydroxylation sites is 2. The van der Waals surface area contributed by atoms with Crippen LogP contribution in [0.25, 0.3) is 45.2 Å². The van der Waals surface area contributed by atoms with Crippen LogP contribution in [0.3, 0.4) is 0 Å². The SMILES string of the molecule is CC1(C)c2ccccc2-c2ccc(N(c3ccc(-c4ccc(C=Cc5ccc(N(c6ccccc6)c6ccccc6)cc5)cc4)cc3)c3cccc4ccccc34)cc21. The monoisotopic (exact) mass is 756 g/mol. The third-order valence-corrected chi connectivity index (χ3v) is 11.9. The van der Waals surface area contributed by atoms with Crippen LogP contribution in [-0.2, 0) is 5.41 Å². The molecule has 1 aliphatic rings. The largest absolute Gasteiger partial charge is 0.311 e. The van der Waals surface area contributed by atoms with E-state index in [4.69, 9.17) is 0 Å². The molecule has 9 aromatic rings. The van der Waals surface area contributed by atoms with Crippen molar-refractivity contribution in [3.05, 3.63) is 241 Å². The molecule has 282 valence electrons. The molecule has 10 rings (SSSR count). The number of hydrogen-bond donors (Lipinski definition) is 0. The molecular formula is C57H44N2. The molecule has 9 aromatic carbocycles. The van der Waals surface area contributed by atoms with Crippen LogP contribution in [-0.4, -0.2) is 0 Å². The zero-order chi connectivity index (χ0) is 39.8. The summed E-state index contributed by atoms with van der Waals surface area (Å²) < 4.78 is 0. The summed E-state index contributed by atoms with van der Waals surface area (Å²) >= 11 is 0. The van der Waals surface area contributed by atoms with Crippen molar-refractivity contribution in [1.82, 2.24) is 0 Å². The molecule has 2 heteroatoms. The third-order valence-electron chi connectivity index (χ3n) is 11.9. The predicted molar refractivity (Wildman–Crippen MR) is 252 cm³/mol. The topological polar surface area (TPSA) is 6.48 Å². The maximum atomic E-state index is 2.42.